The van der Waals surface area contributed by atoms with Gasteiger partial charge in [0.2, 0.25) is 5.78 Å². The molecule has 0 unspecified atom stereocenters. The number of fused-ring (bicyclic) bond motifs is 7. The number of methoxy groups -OCH3 is 1. The van der Waals surface area contributed by atoms with Crippen molar-refractivity contribution in [3.05, 3.63) is 82.2 Å². The van der Waals surface area contributed by atoms with E-state index < -0.39 is 11.4 Å². The number of aliphatic hydroxyl groups excluding tert-OH is 1. The van der Waals surface area contributed by atoms with Gasteiger partial charge in [-0.05, 0) is 135 Å². The molecule has 3 saturated carbocycles. The van der Waals surface area contributed by atoms with Gasteiger partial charge in [0.1, 0.15) is 5.75 Å². The number of allylic oxidation sites excluding steroid dienone is 7. The van der Waals surface area contributed by atoms with Crippen molar-refractivity contribution >= 4 is 23.8 Å². The number of ketones is 1. The number of carbonyl (C=O) groups is 3. The highest BCUT2D eigenvalue weighted by Gasteiger charge is 2.67. The van der Waals surface area contributed by atoms with E-state index in [1.54, 1.807) is 19.3 Å². The highest BCUT2D eigenvalue weighted by molar-refractivity contribution is 6.06. The van der Waals surface area contributed by atoms with E-state index in [-0.39, 0.29) is 45.8 Å². The Kier molecular flexibility index (Phi) is 9.37. The standard InChI is InChI=1S/C43H54O7/c1-28-31-15-16-34-41(4,32(31)26-33(44)37(28)46)21-23-43(6)35-27-40(3,19-18-39(35,2)20-22-42(34,43)5)38(47)50-25-9-8-24-49-36(45)17-12-29-10-13-30(48-7)14-11-29/h10-17,26,35,46H,8-9,18-25,27H2,1-7H3/b17-12+/t35-,39-,40-,41+,42-,43+/m1/s1. The van der Waals surface area contributed by atoms with Crippen molar-refractivity contribution in [1.29, 1.82) is 0 Å². The lowest BCUT2D eigenvalue weighted by atomic mass is 9.34. The van der Waals surface area contributed by atoms with Crippen LogP contribution < -0.4 is 4.74 Å². The molecule has 0 bridgehead atoms. The third kappa shape index (κ3) is 5.88. The second-order valence-electron chi connectivity index (χ2n) is 16.7. The predicted molar refractivity (Wildman–Crippen MR) is 194 cm³/mol. The average Bonchev–Trinajstić information content (AvgIpc) is 3.10. The van der Waals surface area contributed by atoms with Crippen molar-refractivity contribution in [2.75, 3.05) is 20.3 Å². The Hall–Kier alpha value is -3.87. The second kappa shape index (κ2) is 13.0. The van der Waals surface area contributed by atoms with Crippen molar-refractivity contribution in [2.24, 2.45) is 33.0 Å². The van der Waals surface area contributed by atoms with E-state index in [2.05, 4.69) is 46.8 Å². The zero-order valence-corrected chi connectivity index (χ0v) is 30.9. The van der Waals surface area contributed by atoms with E-state index in [1.807, 2.05) is 31.2 Å². The number of carbonyl (C=O) groups excluding carboxylic acids is 3. The highest BCUT2D eigenvalue weighted by Crippen LogP contribution is 2.75. The fraction of sp³-hybridized carbons (Fsp3) is 0.558. The van der Waals surface area contributed by atoms with Crippen LogP contribution in [0.3, 0.4) is 0 Å². The van der Waals surface area contributed by atoms with E-state index in [0.717, 1.165) is 67.4 Å². The molecular weight excluding hydrogens is 628 g/mol. The molecular formula is C43H54O7. The van der Waals surface area contributed by atoms with Crippen molar-refractivity contribution in [1.82, 2.24) is 0 Å². The van der Waals surface area contributed by atoms with Crippen LogP contribution in [0.5, 0.6) is 5.75 Å². The summed E-state index contributed by atoms with van der Waals surface area (Å²) in [5.74, 6) is 0.135. The van der Waals surface area contributed by atoms with E-state index in [4.69, 9.17) is 14.2 Å². The van der Waals surface area contributed by atoms with Crippen molar-refractivity contribution < 1.29 is 33.7 Å². The molecule has 6 atom stereocenters. The van der Waals surface area contributed by atoms with Gasteiger partial charge in [-0.15, -0.1) is 0 Å². The first kappa shape index (κ1) is 35.9. The molecule has 0 heterocycles. The van der Waals surface area contributed by atoms with Crippen LogP contribution in [0, 0.1) is 33.0 Å². The summed E-state index contributed by atoms with van der Waals surface area (Å²) in [5.41, 5.74) is 4.15. The Bertz CT molecular complexity index is 1720. The maximum absolute atomic E-state index is 13.8. The minimum atomic E-state index is -0.559. The molecule has 50 heavy (non-hydrogen) atoms. The van der Waals surface area contributed by atoms with Gasteiger partial charge >= 0.3 is 11.9 Å². The smallest absolute Gasteiger partial charge is 0.330 e. The maximum atomic E-state index is 13.8. The summed E-state index contributed by atoms with van der Waals surface area (Å²) in [6, 6.07) is 7.41. The highest BCUT2D eigenvalue weighted by atomic mass is 16.5. The van der Waals surface area contributed by atoms with E-state index in [1.165, 1.54) is 11.6 Å². The summed E-state index contributed by atoms with van der Waals surface area (Å²) in [4.78, 5) is 38.7. The Morgan fingerprint density at radius 2 is 1.58 bits per heavy atom. The van der Waals surface area contributed by atoms with Crippen molar-refractivity contribution in [2.45, 2.75) is 99.3 Å². The quantitative estimate of drug-likeness (QED) is 0.158. The Balaban J connectivity index is 1.08. The summed E-state index contributed by atoms with van der Waals surface area (Å²) in [6.45, 7) is 14.2. The number of benzene rings is 1. The summed E-state index contributed by atoms with van der Waals surface area (Å²) >= 11 is 0. The molecule has 268 valence electrons. The minimum absolute atomic E-state index is 0.0311. The van der Waals surface area contributed by atoms with Crippen LogP contribution in [-0.2, 0) is 23.9 Å². The number of rotatable bonds is 9. The van der Waals surface area contributed by atoms with Crippen LogP contribution in [0.15, 0.2) is 76.6 Å². The molecule has 0 aromatic heterocycles. The van der Waals surface area contributed by atoms with Gasteiger partial charge in [0, 0.05) is 17.1 Å². The Morgan fingerprint density at radius 1 is 0.900 bits per heavy atom. The van der Waals surface area contributed by atoms with Crippen LogP contribution in [0.2, 0.25) is 0 Å². The number of ether oxygens (including phenoxy) is 3. The topological polar surface area (TPSA) is 99.1 Å². The van der Waals surface area contributed by atoms with Gasteiger partial charge in [0.15, 0.2) is 5.76 Å². The lowest BCUT2D eigenvalue weighted by Crippen LogP contribution is -2.62. The molecule has 1 aromatic rings. The van der Waals surface area contributed by atoms with E-state index in [0.29, 0.717) is 30.9 Å². The van der Waals surface area contributed by atoms with Gasteiger partial charge in [-0.3, -0.25) is 9.59 Å². The SMILES string of the molecule is COc1ccc(/C=C/C(=O)OCCCCOC(=O)[C@]2(C)CC[C@]3(C)CC[C@]4(C)C5=CC=C6C(=CC(=O)C(O)=C6C)[C@]5(C)CC[C@@]4(C)[C@@H]3C2)cc1. The fourth-order valence-corrected chi connectivity index (χ4v) is 10.3. The summed E-state index contributed by atoms with van der Waals surface area (Å²) in [5, 5.41) is 10.4. The molecule has 0 aliphatic heterocycles. The van der Waals surface area contributed by atoms with Gasteiger partial charge in [0.05, 0.1) is 25.7 Å². The third-order valence-electron chi connectivity index (χ3n) is 13.9. The van der Waals surface area contributed by atoms with E-state index >= 15 is 0 Å². The molecule has 0 saturated heterocycles. The zero-order chi connectivity index (χ0) is 36.1. The van der Waals surface area contributed by atoms with Gasteiger partial charge in [-0.2, -0.15) is 0 Å². The number of unbranched alkanes of at least 4 members (excludes halogenated alkanes) is 1. The zero-order valence-electron chi connectivity index (χ0n) is 30.9. The second-order valence-corrected chi connectivity index (χ2v) is 16.7. The van der Waals surface area contributed by atoms with Gasteiger partial charge < -0.3 is 19.3 Å². The molecule has 7 nitrogen and oxygen atoms in total. The van der Waals surface area contributed by atoms with Crippen LogP contribution in [-0.4, -0.2) is 43.2 Å². The fourth-order valence-electron chi connectivity index (χ4n) is 10.3. The molecule has 6 rings (SSSR count). The molecule has 0 spiro atoms. The number of esters is 2. The van der Waals surface area contributed by atoms with Crippen LogP contribution in [0.25, 0.3) is 6.08 Å². The summed E-state index contributed by atoms with van der Waals surface area (Å²) < 4.78 is 16.4. The largest absolute Gasteiger partial charge is 0.504 e. The minimum Gasteiger partial charge on any atom is -0.504 e. The Labute approximate surface area is 297 Å². The maximum Gasteiger partial charge on any atom is 0.330 e. The molecule has 5 aliphatic rings. The van der Waals surface area contributed by atoms with Crippen LogP contribution >= 0.6 is 0 Å². The summed E-state index contributed by atoms with van der Waals surface area (Å²) in [7, 11) is 1.61. The van der Waals surface area contributed by atoms with Gasteiger partial charge in [-0.25, -0.2) is 4.79 Å². The van der Waals surface area contributed by atoms with E-state index in [9.17, 15) is 19.5 Å². The number of hydrogen-bond acceptors (Lipinski definition) is 7. The van der Waals surface area contributed by atoms with Crippen LogP contribution in [0.1, 0.15) is 105 Å². The molecule has 3 fully saturated rings. The lowest BCUT2D eigenvalue weighted by molar-refractivity contribution is -0.182. The first-order valence-electron chi connectivity index (χ1n) is 18.4. The molecule has 1 N–H and O–H groups in total. The van der Waals surface area contributed by atoms with Gasteiger partial charge in [-0.1, -0.05) is 57.6 Å². The first-order chi connectivity index (χ1) is 23.6. The van der Waals surface area contributed by atoms with Crippen molar-refractivity contribution in [3.8, 4) is 5.75 Å². The molecule has 0 amide bonds. The monoisotopic (exact) mass is 682 g/mol. The first-order valence-corrected chi connectivity index (χ1v) is 18.4. The number of hydrogen-bond donors (Lipinski definition) is 1. The predicted octanol–water partition coefficient (Wildman–Crippen LogP) is 9.20. The molecule has 1 aromatic carbocycles. The van der Waals surface area contributed by atoms with Gasteiger partial charge in [0.25, 0.3) is 0 Å². The third-order valence-corrected chi connectivity index (χ3v) is 13.9. The average molecular weight is 683 g/mol. The molecule has 0 radical (unpaired) electrons. The van der Waals surface area contributed by atoms with Crippen LogP contribution in [0.4, 0.5) is 0 Å². The normalized spacial score (nSPS) is 34.7. The molecule has 7 heteroatoms. The number of aliphatic hydroxyl groups is 1. The van der Waals surface area contributed by atoms with Crippen molar-refractivity contribution in [3.63, 3.8) is 0 Å². The lowest BCUT2D eigenvalue weighted by Gasteiger charge is -2.70. The Morgan fingerprint density at radius 3 is 2.28 bits per heavy atom. The molecule has 5 aliphatic carbocycles. The summed E-state index contributed by atoms with van der Waals surface area (Å²) in [6.07, 6.45) is 17.2.